The molecule has 2 heterocycles. The minimum atomic E-state index is -2.66. The van der Waals surface area contributed by atoms with Gasteiger partial charge < -0.3 is 19.4 Å². The van der Waals surface area contributed by atoms with Crippen molar-refractivity contribution >= 4 is 23.4 Å². The molecule has 1 aromatic rings. The van der Waals surface area contributed by atoms with Gasteiger partial charge in [-0.15, -0.1) is 0 Å². The van der Waals surface area contributed by atoms with Crippen LogP contribution in [0.2, 0.25) is 5.02 Å². The molecule has 4 rings (SSSR count). The van der Waals surface area contributed by atoms with Gasteiger partial charge in [0.25, 0.3) is 0 Å². The topological polar surface area (TPSA) is 53.1 Å². The normalized spacial score (nSPS) is 26.4. The SMILES string of the molecule is CN1CCN(C(=O)C[C@H]2CN(C(=O)C3CCC(F)(F)CC3)CC[C@@H]2Oc2cccc(Cl)c2)CC1. The molecule has 0 spiro atoms. The molecule has 0 unspecified atom stereocenters. The number of ether oxygens (including phenoxy) is 1. The minimum absolute atomic E-state index is 0.0613. The van der Waals surface area contributed by atoms with E-state index in [1.54, 1.807) is 17.0 Å². The summed E-state index contributed by atoms with van der Waals surface area (Å²) in [4.78, 5) is 32.1. The number of benzene rings is 1. The van der Waals surface area contributed by atoms with Crippen molar-refractivity contribution in [2.45, 2.75) is 50.6 Å². The smallest absolute Gasteiger partial charge is 0.248 e. The maximum Gasteiger partial charge on any atom is 0.248 e. The molecule has 1 saturated carbocycles. The van der Waals surface area contributed by atoms with Gasteiger partial charge in [-0.25, -0.2) is 8.78 Å². The van der Waals surface area contributed by atoms with Crippen LogP contribution in [0, 0.1) is 11.8 Å². The monoisotopic (exact) mass is 497 g/mol. The van der Waals surface area contributed by atoms with E-state index >= 15 is 0 Å². The number of alkyl halides is 2. The summed E-state index contributed by atoms with van der Waals surface area (Å²) < 4.78 is 33.4. The molecule has 1 aromatic carbocycles. The van der Waals surface area contributed by atoms with Crippen molar-refractivity contribution in [1.29, 1.82) is 0 Å². The van der Waals surface area contributed by atoms with Gasteiger partial charge in [0.2, 0.25) is 17.7 Å². The van der Waals surface area contributed by atoms with Crippen LogP contribution in [0.3, 0.4) is 0 Å². The largest absolute Gasteiger partial charge is 0.490 e. The minimum Gasteiger partial charge on any atom is -0.490 e. The molecule has 3 aliphatic rings. The highest BCUT2D eigenvalue weighted by Gasteiger charge is 2.41. The van der Waals surface area contributed by atoms with Crippen molar-refractivity contribution in [1.82, 2.24) is 14.7 Å². The number of carbonyl (C=O) groups is 2. The molecule has 0 radical (unpaired) electrons. The summed E-state index contributed by atoms with van der Waals surface area (Å²) >= 11 is 6.12. The fourth-order valence-electron chi connectivity index (χ4n) is 5.23. The predicted molar refractivity (Wildman–Crippen MR) is 126 cm³/mol. The summed E-state index contributed by atoms with van der Waals surface area (Å²) in [6.45, 7) is 3.97. The average Bonchev–Trinajstić information content (AvgIpc) is 2.80. The van der Waals surface area contributed by atoms with Crippen molar-refractivity contribution in [2.75, 3.05) is 46.3 Å². The number of hydrogen-bond acceptors (Lipinski definition) is 4. The Labute approximate surface area is 205 Å². The Balaban J connectivity index is 1.43. The standard InChI is InChI=1S/C25H34ClF2N3O3/c1-29-11-13-30(14-12-29)23(32)15-19-17-31(24(33)18-5-8-25(27,28)9-6-18)10-7-22(19)34-21-4-2-3-20(26)16-21/h2-4,16,18-19,22H,5-15,17H2,1H3/t19-,22-/m0/s1. The highest BCUT2D eigenvalue weighted by Crippen LogP contribution is 2.38. The van der Waals surface area contributed by atoms with Crippen LogP contribution in [0.1, 0.15) is 38.5 Å². The van der Waals surface area contributed by atoms with Gasteiger partial charge in [-0.2, -0.15) is 0 Å². The Hall–Kier alpha value is -1.93. The van der Waals surface area contributed by atoms with Crippen molar-refractivity contribution in [3.63, 3.8) is 0 Å². The predicted octanol–water partition coefficient (Wildman–Crippen LogP) is 3.93. The lowest BCUT2D eigenvalue weighted by Crippen LogP contribution is -2.52. The van der Waals surface area contributed by atoms with Crippen LogP contribution in [0.5, 0.6) is 5.75 Å². The summed E-state index contributed by atoms with van der Waals surface area (Å²) in [6.07, 6.45) is 0.621. The summed E-state index contributed by atoms with van der Waals surface area (Å²) in [5.41, 5.74) is 0. The lowest BCUT2D eigenvalue weighted by molar-refractivity contribution is -0.145. The molecule has 0 N–H and O–H groups in total. The number of nitrogens with zero attached hydrogens (tertiary/aromatic N) is 3. The van der Waals surface area contributed by atoms with Crippen LogP contribution in [0.15, 0.2) is 24.3 Å². The first-order valence-corrected chi connectivity index (χ1v) is 12.6. The number of carbonyl (C=O) groups excluding carboxylic acids is 2. The van der Waals surface area contributed by atoms with E-state index in [0.717, 1.165) is 13.1 Å². The number of rotatable bonds is 5. The molecule has 188 valence electrons. The summed E-state index contributed by atoms with van der Waals surface area (Å²) in [5.74, 6) is -2.54. The second-order valence-corrected chi connectivity index (χ2v) is 10.4. The molecule has 0 bridgehead atoms. The Bertz CT molecular complexity index is 869. The maximum absolute atomic E-state index is 13.6. The van der Waals surface area contributed by atoms with Crippen LogP contribution >= 0.6 is 11.6 Å². The van der Waals surface area contributed by atoms with Gasteiger partial charge in [0, 0.05) is 81.8 Å². The number of piperazine rings is 1. The van der Waals surface area contributed by atoms with Crippen molar-refractivity contribution in [2.24, 2.45) is 11.8 Å². The molecular formula is C25H34ClF2N3O3. The van der Waals surface area contributed by atoms with Crippen LogP contribution in [0.25, 0.3) is 0 Å². The first kappa shape index (κ1) is 25.2. The quantitative estimate of drug-likeness (QED) is 0.618. The summed E-state index contributed by atoms with van der Waals surface area (Å²) in [6, 6.07) is 7.18. The Kier molecular flexibility index (Phi) is 7.97. The first-order valence-electron chi connectivity index (χ1n) is 12.3. The molecule has 6 nitrogen and oxygen atoms in total. The van der Waals surface area contributed by atoms with E-state index in [1.807, 2.05) is 24.1 Å². The Morgan fingerprint density at radius 3 is 2.44 bits per heavy atom. The van der Waals surface area contributed by atoms with Gasteiger partial charge in [0.1, 0.15) is 11.9 Å². The molecule has 34 heavy (non-hydrogen) atoms. The van der Waals surface area contributed by atoms with Crippen molar-refractivity contribution in [3.8, 4) is 5.75 Å². The van der Waals surface area contributed by atoms with Gasteiger partial charge >= 0.3 is 0 Å². The van der Waals surface area contributed by atoms with Crippen molar-refractivity contribution < 1.29 is 23.1 Å². The highest BCUT2D eigenvalue weighted by molar-refractivity contribution is 6.30. The lowest BCUT2D eigenvalue weighted by Gasteiger charge is -2.41. The third kappa shape index (κ3) is 6.39. The third-order valence-electron chi connectivity index (χ3n) is 7.42. The summed E-state index contributed by atoms with van der Waals surface area (Å²) in [7, 11) is 2.04. The zero-order chi connectivity index (χ0) is 24.3. The number of amides is 2. The van der Waals surface area contributed by atoms with E-state index < -0.39 is 5.92 Å². The molecule has 2 amide bonds. The number of hydrogen-bond donors (Lipinski definition) is 0. The van der Waals surface area contributed by atoms with Gasteiger partial charge in [-0.3, -0.25) is 9.59 Å². The van der Waals surface area contributed by atoms with E-state index in [4.69, 9.17) is 16.3 Å². The van der Waals surface area contributed by atoms with Crippen LogP contribution in [-0.4, -0.2) is 84.9 Å². The van der Waals surface area contributed by atoms with E-state index in [9.17, 15) is 18.4 Å². The van der Waals surface area contributed by atoms with E-state index in [0.29, 0.717) is 49.8 Å². The third-order valence-corrected chi connectivity index (χ3v) is 7.65. The number of likely N-dealkylation sites (N-methyl/N-ethyl adjacent to an activating group) is 1. The molecule has 2 aliphatic heterocycles. The maximum atomic E-state index is 13.6. The van der Waals surface area contributed by atoms with Crippen molar-refractivity contribution in [3.05, 3.63) is 29.3 Å². The molecule has 3 fully saturated rings. The number of piperidine rings is 1. The Morgan fingerprint density at radius 2 is 1.76 bits per heavy atom. The highest BCUT2D eigenvalue weighted by atomic mass is 35.5. The fraction of sp³-hybridized carbons (Fsp3) is 0.680. The zero-order valence-corrected chi connectivity index (χ0v) is 20.5. The zero-order valence-electron chi connectivity index (χ0n) is 19.7. The fourth-order valence-corrected chi connectivity index (χ4v) is 5.41. The molecule has 2 saturated heterocycles. The lowest BCUT2D eigenvalue weighted by atomic mass is 9.84. The Morgan fingerprint density at radius 1 is 1.06 bits per heavy atom. The second kappa shape index (κ2) is 10.8. The van der Waals surface area contributed by atoms with Crippen LogP contribution < -0.4 is 4.74 Å². The van der Waals surface area contributed by atoms with Gasteiger partial charge in [-0.05, 0) is 38.1 Å². The van der Waals surface area contributed by atoms with Gasteiger partial charge in [0.05, 0.1) is 0 Å². The van der Waals surface area contributed by atoms with Crippen LogP contribution in [-0.2, 0) is 9.59 Å². The van der Waals surface area contributed by atoms with E-state index in [1.165, 1.54) is 0 Å². The van der Waals surface area contributed by atoms with Gasteiger partial charge in [0.15, 0.2) is 0 Å². The molecule has 1 aliphatic carbocycles. The molecule has 0 aromatic heterocycles. The first-order chi connectivity index (χ1) is 16.2. The molecule has 9 heteroatoms. The van der Waals surface area contributed by atoms with E-state index in [-0.39, 0.29) is 55.4 Å². The second-order valence-electron chi connectivity index (χ2n) is 9.97. The molecular weight excluding hydrogens is 464 g/mol. The number of likely N-dealkylation sites (tertiary alicyclic amines) is 1. The number of halogens is 3. The molecule has 2 atom stereocenters. The van der Waals surface area contributed by atoms with Gasteiger partial charge in [-0.1, -0.05) is 17.7 Å². The van der Waals surface area contributed by atoms with Crippen LogP contribution in [0.4, 0.5) is 8.78 Å². The average molecular weight is 498 g/mol. The van der Waals surface area contributed by atoms with E-state index in [2.05, 4.69) is 4.90 Å². The summed E-state index contributed by atoms with van der Waals surface area (Å²) in [5, 5.41) is 0.573.